The Balaban J connectivity index is 2.15. The Kier molecular flexibility index (Phi) is 8.42. The smallest absolute Gasteiger partial charge is 0.407 e. The van der Waals surface area contributed by atoms with E-state index in [1.165, 1.54) is 0 Å². The third-order valence-electron chi connectivity index (χ3n) is 3.78. The van der Waals surface area contributed by atoms with Gasteiger partial charge in [0.05, 0.1) is 0 Å². The van der Waals surface area contributed by atoms with Crippen molar-refractivity contribution in [3.8, 4) is 0 Å². The summed E-state index contributed by atoms with van der Waals surface area (Å²) in [5, 5.41) is 2.79. The number of piperazine rings is 1. The molecule has 0 unspecified atom stereocenters. The van der Waals surface area contributed by atoms with E-state index in [9.17, 15) is 9.59 Å². The SMILES string of the molecule is CC(C)C(=O)/C=C/CN1CCN(CCNC(=O)OC(C)(C)C)CC1. The summed E-state index contributed by atoms with van der Waals surface area (Å²) in [5.41, 5.74) is -0.458. The van der Waals surface area contributed by atoms with Gasteiger partial charge in [-0.25, -0.2) is 4.79 Å². The van der Waals surface area contributed by atoms with Crippen LogP contribution in [0.4, 0.5) is 4.79 Å². The molecule has 1 fully saturated rings. The van der Waals surface area contributed by atoms with E-state index in [0.29, 0.717) is 6.54 Å². The van der Waals surface area contributed by atoms with Crippen LogP contribution in [0, 0.1) is 5.92 Å². The third-order valence-corrected chi connectivity index (χ3v) is 3.78. The van der Waals surface area contributed by atoms with Crippen molar-refractivity contribution in [2.24, 2.45) is 5.92 Å². The minimum atomic E-state index is -0.458. The van der Waals surface area contributed by atoms with Gasteiger partial charge in [-0.05, 0) is 26.8 Å². The van der Waals surface area contributed by atoms with Crippen molar-refractivity contribution in [3.05, 3.63) is 12.2 Å². The van der Waals surface area contributed by atoms with Crippen LogP contribution in [0.25, 0.3) is 0 Å². The average molecular weight is 339 g/mol. The second-order valence-corrected chi connectivity index (χ2v) is 7.53. The number of rotatable bonds is 7. The molecule has 0 spiro atoms. The molecule has 1 N–H and O–H groups in total. The minimum absolute atomic E-state index is 0.0653. The molecule has 0 saturated carbocycles. The van der Waals surface area contributed by atoms with Gasteiger partial charge in [0.1, 0.15) is 5.60 Å². The number of carbonyl (C=O) groups excluding carboxylic acids is 2. The molecule has 1 heterocycles. The predicted octanol–water partition coefficient (Wildman–Crippen LogP) is 1.91. The molecule has 0 aromatic rings. The first-order valence-electron chi connectivity index (χ1n) is 8.79. The molecule has 1 aliphatic rings. The van der Waals surface area contributed by atoms with E-state index in [2.05, 4.69) is 15.1 Å². The van der Waals surface area contributed by atoms with E-state index >= 15 is 0 Å². The monoisotopic (exact) mass is 339 g/mol. The fourth-order valence-electron chi connectivity index (χ4n) is 2.34. The van der Waals surface area contributed by atoms with Crippen LogP contribution in [-0.4, -0.2) is 73.1 Å². The number of amides is 1. The maximum Gasteiger partial charge on any atom is 0.407 e. The third kappa shape index (κ3) is 9.03. The van der Waals surface area contributed by atoms with Crippen LogP contribution in [0.1, 0.15) is 34.6 Å². The quantitative estimate of drug-likeness (QED) is 0.718. The van der Waals surface area contributed by atoms with E-state index in [0.717, 1.165) is 39.3 Å². The van der Waals surface area contributed by atoms with Crippen LogP contribution >= 0.6 is 0 Å². The Morgan fingerprint density at radius 3 is 2.25 bits per heavy atom. The summed E-state index contributed by atoms with van der Waals surface area (Å²) in [6.07, 6.45) is 3.30. The zero-order valence-electron chi connectivity index (χ0n) is 15.8. The molecule has 0 radical (unpaired) electrons. The number of hydrogen-bond acceptors (Lipinski definition) is 5. The summed E-state index contributed by atoms with van der Waals surface area (Å²) in [4.78, 5) is 27.8. The van der Waals surface area contributed by atoms with Crippen LogP contribution < -0.4 is 5.32 Å². The molecular weight excluding hydrogens is 306 g/mol. The predicted molar refractivity (Wildman–Crippen MR) is 96.1 cm³/mol. The van der Waals surface area contributed by atoms with Gasteiger partial charge in [0.25, 0.3) is 0 Å². The van der Waals surface area contributed by atoms with E-state index in [1.54, 1.807) is 6.08 Å². The highest BCUT2D eigenvalue weighted by Crippen LogP contribution is 2.06. The van der Waals surface area contributed by atoms with Gasteiger partial charge in [0.15, 0.2) is 5.78 Å². The van der Waals surface area contributed by atoms with E-state index < -0.39 is 5.60 Å². The first-order chi connectivity index (χ1) is 11.2. The lowest BCUT2D eigenvalue weighted by molar-refractivity contribution is -0.117. The fraction of sp³-hybridized carbons (Fsp3) is 0.778. The van der Waals surface area contributed by atoms with Gasteiger partial charge in [0.2, 0.25) is 0 Å². The standard InChI is InChI=1S/C18H33N3O3/c1-15(2)16(22)7-6-9-20-11-13-21(14-12-20)10-8-19-17(23)24-18(3,4)5/h6-7,15H,8-14H2,1-5H3,(H,19,23)/b7-6+. The summed E-state index contributed by atoms with van der Waals surface area (Å²) >= 11 is 0. The summed E-state index contributed by atoms with van der Waals surface area (Å²) in [6.45, 7) is 15.5. The number of hydrogen-bond donors (Lipinski definition) is 1. The van der Waals surface area contributed by atoms with Crippen LogP contribution in [0.5, 0.6) is 0 Å². The van der Waals surface area contributed by atoms with Crippen molar-refractivity contribution in [3.63, 3.8) is 0 Å². The maximum absolute atomic E-state index is 11.6. The van der Waals surface area contributed by atoms with Gasteiger partial charge in [0, 0.05) is 51.7 Å². The van der Waals surface area contributed by atoms with Gasteiger partial charge >= 0.3 is 6.09 Å². The molecule has 24 heavy (non-hydrogen) atoms. The Labute approximate surface area is 146 Å². The molecule has 0 aromatic heterocycles. The second-order valence-electron chi connectivity index (χ2n) is 7.53. The molecular formula is C18H33N3O3. The molecule has 0 atom stereocenters. The molecule has 0 bridgehead atoms. The highest BCUT2D eigenvalue weighted by Gasteiger charge is 2.18. The second kappa shape index (κ2) is 9.79. The van der Waals surface area contributed by atoms with Crippen molar-refractivity contribution in [2.45, 2.75) is 40.2 Å². The fourth-order valence-corrected chi connectivity index (χ4v) is 2.34. The molecule has 0 aromatic carbocycles. The lowest BCUT2D eigenvalue weighted by Crippen LogP contribution is -2.48. The molecule has 138 valence electrons. The summed E-state index contributed by atoms with van der Waals surface area (Å²) in [5.74, 6) is 0.248. The van der Waals surface area contributed by atoms with Gasteiger partial charge in [-0.3, -0.25) is 14.6 Å². The Bertz CT molecular complexity index is 433. The number of nitrogens with one attached hydrogen (secondary N) is 1. The lowest BCUT2D eigenvalue weighted by Gasteiger charge is -2.34. The van der Waals surface area contributed by atoms with Crippen molar-refractivity contribution < 1.29 is 14.3 Å². The average Bonchev–Trinajstić information content (AvgIpc) is 2.46. The summed E-state index contributed by atoms with van der Waals surface area (Å²) in [7, 11) is 0. The first-order valence-corrected chi connectivity index (χ1v) is 8.79. The van der Waals surface area contributed by atoms with Crippen LogP contribution in [0.15, 0.2) is 12.2 Å². The minimum Gasteiger partial charge on any atom is -0.444 e. The van der Waals surface area contributed by atoms with Crippen molar-refractivity contribution >= 4 is 11.9 Å². The Morgan fingerprint density at radius 1 is 1.12 bits per heavy atom. The van der Waals surface area contributed by atoms with Crippen LogP contribution in [0.2, 0.25) is 0 Å². The van der Waals surface area contributed by atoms with Crippen LogP contribution in [-0.2, 0) is 9.53 Å². The molecule has 1 aliphatic heterocycles. The van der Waals surface area contributed by atoms with Crippen molar-refractivity contribution in [2.75, 3.05) is 45.8 Å². The van der Waals surface area contributed by atoms with Gasteiger partial charge in [-0.2, -0.15) is 0 Å². The normalized spacial score (nSPS) is 17.4. The molecule has 1 rings (SSSR count). The topological polar surface area (TPSA) is 61.9 Å². The molecule has 6 heteroatoms. The zero-order valence-corrected chi connectivity index (χ0v) is 15.8. The number of ketones is 1. The Hall–Kier alpha value is -1.40. The largest absolute Gasteiger partial charge is 0.444 e. The van der Waals surface area contributed by atoms with Crippen molar-refractivity contribution in [1.82, 2.24) is 15.1 Å². The van der Waals surface area contributed by atoms with Gasteiger partial charge in [-0.15, -0.1) is 0 Å². The van der Waals surface area contributed by atoms with E-state index in [1.807, 2.05) is 40.7 Å². The first kappa shape index (κ1) is 20.6. The van der Waals surface area contributed by atoms with E-state index in [-0.39, 0.29) is 17.8 Å². The number of nitrogens with zero attached hydrogens (tertiary/aromatic N) is 2. The number of carbonyl (C=O) groups is 2. The maximum atomic E-state index is 11.6. The lowest BCUT2D eigenvalue weighted by atomic mass is 10.1. The highest BCUT2D eigenvalue weighted by molar-refractivity contribution is 5.91. The van der Waals surface area contributed by atoms with E-state index in [4.69, 9.17) is 4.74 Å². The summed E-state index contributed by atoms with van der Waals surface area (Å²) < 4.78 is 5.21. The zero-order chi connectivity index (χ0) is 18.2. The number of alkyl carbamates (subject to hydrolysis) is 1. The highest BCUT2D eigenvalue weighted by atomic mass is 16.6. The van der Waals surface area contributed by atoms with Crippen LogP contribution in [0.3, 0.4) is 0 Å². The molecule has 6 nitrogen and oxygen atoms in total. The molecule has 0 aliphatic carbocycles. The molecule has 1 saturated heterocycles. The Morgan fingerprint density at radius 2 is 1.71 bits per heavy atom. The summed E-state index contributed by atoms with van der Waals surface area (Å²) in [6, 6.07) is 0. The molecule has 1 amide bonds. The van der Waals surface area contributed by atoms with Gasteiger partial charge < -0.3 is 10.1 Å². The van der Waals surface area contributed by atoms with Gasteiger partial charge in [-0.1, -0.05) is 19.9 Å². The number of ether oxygens (including phenoxy) is 1. The number of allylic oxidation sites excluding steroid dienone is 1. The van der Waals surface area contributed by atoms with Crippen molar-refractivity contribution in [1.29, 1.82) is 0 Å².